The van der Waals surface area contributed by atoms with E-state index >= 15 is 0 Å². The van der Waals surface area contributed by atoms with E-state index in [1.165, 1.54) is 5.56 Å². The van der Waals surface area contributed by atoms with E-state index < -0.39 is 0 Å². The first-order valence-corrected chi connectivity index (χ1v) is 11.3. The maximum atomic E-state index is 13.1. The molecule has 1 amide bonds. The summed E-state index contributed by atoms with van der Waals surface area (Å²) < 4.78 is 18.1. The summed E-state index contributed by atoms with van der Waals surface area (Å²) in [5.74, 6) is 0.277. The molecule has 164 valence electrons. The molecule has 0 radical (unpaired) electrons. The van der Waals surface area contributed by atoms with Crippen LogP contribution in [0.1, 0.15) is 56.9 Å². The van der Waals surface area contributed by atoms with Gasteiger partial charge in [0.15, 0.2) is 0 Å². The van der Waals surface area contributed by atoms with Crippen LogP contribution in [-0.4, -0.2) is 38.3 Å². The maximum absolute atomic E-state index is 13.1. The molecular weight excluding hydrogens is 381 g/mol. The molecule has 1 aromatic rings. The van der Waals surface area contributed by atoms with Gasteiger partial charge in [0, 0.05) is 43.4 Å². The number of carbonyl (C=O) groups is 1. The highest BCUT2D eigenvalue weighted by atomic mass is 19.1. The number of carbonyl (C=O) groups excluding carboxylic acids is 1. The van der Waals surface area contributed by atoms with Crippen LogP contribution in [0.2, 0.25) is 0 Å². The number of ether oxygens (including phenoxy) is 1. The minimum absolute atomic E-state index is 0.168. The van der Waals surface area contributed by atoms with E-state index in [0.29, 0.717) is 18.4 Å². The topological polar surface area (TPSA) is 76.4 Å². The molecule has 1 saturated heterocycles. The molecule has 1 heterocycles. The van der Waals surface area contributed by atoms with Gasteiger partial charge in [-0.05, 0) is 80.1 Å². The third kappa shape index (κ3) is 4.26. The second kappa shape index (κ2) is 9.06. The number of nitrogens with two attached hydrogens (primary N) is 1. The van der Waals surface area contributed by atoms with Crippen LogP contribution in [0.3, 0.4) is 0 Å². The molecule has 1 aromatic carbocycles. The summed E-state index contributed by atoms with van der Waals surface area (Å²) in [5, 5.41) is 6.56. The summed E-state index contributed by atoms with van der Waals surface area (Å²) in [5.41, 5.74) is 8.43. The van der Waals surface area contributed by atoms with Crippen LogP contribution in [0.5, 0.6) is 0 Å². The molecule has 6 heteroatoms. The number of nitrogens with one attached hydrogen (secondary N) is 2. The van der Waals surface area contributed by atoms with Gasteiger partial charge in [-0.3, -0.25) is 4.79 Å². The first-order valence-electron chi connectivity index (χ1n) is 11.3. The van der Waals surface area contributed by atoms with Crippen molar-refractivity contribution < 1.29 is 13.9 Å². The van der Waals surface area contributed by atoms with Crippen LogP contribution in [0, 0.1) is 5.41 Å². The van der Waals surface area contributed by atoms with Crippen molar-refractivity contribution in [3.63, 3.8) is 0 Å². The predicted octanol–water partition coefficient (Wildman–Crippen LogP) is 3.80. The minimum Gasteiger partial charge on any atom is -0.381 e. The molecule has 5 nitrogen and oxygen atoms in total. The lowest BCUT2D eigenvalue weighted by Crippen LogP contribution is -2.54. The second-order valence-electron chi connectivity index (χ2n) is 9.32. The van der Waals surface area contributed by atoms with Crippen molar-refractivity contribution >= 4 is 11.6 Å². The van der Waals surface area contributed by atoms with Crippen LogP contribution >= 0.6 is 0 Å². The van der Waals surface area contributed by atoms with Crippen molar-refractivity contribution in [2.75, 3.05) is 31.6 Å². The lowest BCUT2D eigenvalue weighted by atomic mass is 9.51. The van der Waals surface area contributed by atoms with Crippen molar-refractivity contribution in [2.45, 2.75) is 62.8 Å². The number of rotatable bonds is 7. The molecule has 2 bridgehead atoms. The van der Waals surface area contributed by atoms with Gasteiger partial charge in [-0.25, -0.2) is 4.39 Å². The third-order valence-electron chi connectivity index (χ3n) is 7.72. The standard InChI is InChI=1S/C24H34FN3O2/c25-15-18(16-26)17-27-20-3-1-19(2-4-20)23-7-10-24(11-8-23,12-9-23)22(29)28-21-5-13-30-14-6-21/h1-4,15,21,27H,5-14,16-17,26H2,(H,28,29)/b18-15+. The summed E-state index contributed by atoms with van der Waals surface area (Å²) in [6.45, 7) is 2.14. The summed E-state index contributed by atoms with van der Waals surface area (Å²) in [7, 11) is 0. The molecular formula is C24H34FN3O2. The van der Waals surface area contributed by atoms with Crippen molar-refractivity contribution in [3.8, 4) is 0 Å². The highest BCUT2D eigenvalue weighted by Gasteiger charge is 2.53. The van der Waals surface area contributed by atoms with Gasteiger partial charge >= 0.3 is 0 Å². The van der Waals surface area contributed by atoms with Crippen molar-refractivity contribution in [2.24, 2.45) is 11.1 Å². The Kier molecular flexibility index (Phi) is 6.44. The Morgan fingerprint density at radius 2 is 1.73 bits per heavy atom. The highest BCUT2D eigenvalue weighted by Crippen LogP contribution is 2.58. The van der Waals surface area contributed by atoms with E-state index in [0.717, 1.165) is 70.3 Å². The van der Waals surface area contributed by atoms with Gasteiger partial charge in [-0.15, -0.1) is 0 Å². The Hall–Kier alpha value is -1.92. The zero-order valence-corrected chi connectivity index (χ0v) is 17.7. The quantitative estimate of drug-likeness (QED) is 0.633. The number of fused-ring (bicyclic) bond motifs is 3. The van der Waals surface area contributed by atoms with Crippen LogP contribution < -0.4 is 16.4 Å². The first-order chi connectivity index (χ1) is 14.6. The molecule has 4 N–H and O–H groups in total. The Morgan fingerprint density at radius 3 is 2.30 bits per heavy atom. The predicted molar refractivity (Wildman–Crippen MR) is 117 cm³/mol. The maximum Gasteiger partial charge on any atom is 0.226 e. The van der Waals surface area contributed by atoms with E-state index in [1.807, 2.05) is 0 Å². The van der Waals surface area contributed by atoms with E-state index in [2.05, 4.69) is 34.9 Å². The van der Waals surface area contributed by atoms with E-state index in [-0.39, 0.29) is 29.3 Å². The third-order valence-corrected chi connectivity index (χ3v) is 7.72. The molecule has 0 aromatic heterocycles. The van der Waals surface area contributed by atoms with E-state index in [4.69, 9.17) is 10.5 Å². The Labute approximate surface area is 178 Å². The minimum atomic E-state index is -0.168. The normalized spacial score (nSPS) is 29.6. The monoisotopic (exact) mass is 415 g/mol. The van der Waals surface area contributed by atoms with Crippen LogP contribution in [-0.2, 0) is 14.9 Å². The van der Waals surface area contributed by atoms with Crippen LogP contribution in [0.4, 0.5) is 10.1 Å². The van der Waals surface area contributed by atoms with Crippen LogP contribution in [0.15, 0.2) is 36.2 Å². The zero-order chi connectivity index (χ0) is 21.0. The van der Waals surface area contributed by atoms with E-state index in [1.54, 1.807) is 0 Å². The molecule has 4 aliphatic rings. The molecule has 3 saturated carbocycles. The van der Waals surface area contributed by atoms with Gasteiger partial charge in [0.25, 0.3) is 0 Å². The van der Waals surface area contributed by atoms with Crippen molar-refractivity contribution in [1.29, 1.82) is 0 Å². The average molecular weight is 416 g/mol. The smallest absolute Gasteiger partial charge is 0.226 e. The summed E-state index contributed by atoms with van der Waals surface area (Å²) >= 11 is 0. The van der Waals surface area contributed by atoms with Crippen molar-refractivity contribution in [1.82, 2.24) is 5.32 Å². The Balaban J connectivity index is 1.36. The average Bonchev–Trinajstić information content (AvgIpc) is 2.82. The molecule has 4 fully saturated rings. The fourth-order valence-corrected chi connectivity index (χ4v) is 5.45. The molecule has 5 rings (SSSR count). The molecule has 30 heavy (non-hydrogen) atoms. The molecule has 3 aliphatic carbocycles. The number of halogens is 1. The van der Waals surface area contributed by atoms with Crippen LogP contribution in [0.25, 0.3) is 0 Å². The molecule has 0 spiro atoms. The lowest BCUT2D eigenvalue weighted by molar-refractivity contribution is -0.139. The fraction of sp³-hybridized carbons (Fsp3) is 0.625. The van der Waals surface area contributed by atoms with Gasteiger partial charge in [0.05, 0.1) is 6.33 Å². The van der Waals surface area contributed by atoms with E-state index in [9.17, 15) is 9.18 Å². The zero-order valence-electron chi connectivity index (χ0n) is 17.7. The SMILES string of the molecule is NC/C(=C\F)CNc1ccc(C23CCC(C(=O)NC4CCOCC4)(CC2)CC3)cc1. The van der Waals surface area contributed by atoms with Gasteiger partial charge in [-0.1, -0.05) is 12.1 Å². The van der Waals surface area contributed by atoms with Gasteiger partial charge < -0.3 is 21.1 Å². The number of benzene rings is 1. The van der Waals surface area contributed by atoms with Gasteiger partial charge in [-0.2, -0.15) is 0 Å². The number of amides is 1. The second-order valence-corrected chi connectivity index (χ2v) is 9.32. The fourth-order valence-electron chi connectivity index (χ4n) is 5.45. The summed E-state index contributed by atoms with van der Waals surface area (Å²) in [4.78, 5) is 13.1. The van der Waals surface area contributed by atoms with Gasteiger partial charge in [0.1, 0.15) is 0 Å². The Bertz CT molecular complexity index is 747. The number of hydrogen-bond donors (Lipinski definition) is 3. The van der Waals surface area contributed by atoms with Gasteiger partial charge in [0.2, 0.25) is 5.91 Å². The summed E-state index contributed by atoms with van der Waals surface area (Å²) in [6, 6.07) is 8.82. The molecule has 1 aliphatic heterocycles. The number of anilines is 1. The largest absolute Gasteiger partial charge is 0.381 e. The number of hydrogen-bond acceptors (Lipinski definition) is 4. The highest BCUT2D eigenvalue weighted by molar-refractivity contribution is 5.83. The molecule has 0 unspecified atom stereocenters. The van der Waals surface area contributed by atoms with Crippen molar-refractivity contribution in [3.05, 3.63) is 41.7 Å². The molecule has 0 atom stereocenters. The lowest BCUT2D eigenvalue weighted by Gasteiger charge is -2.53. The summed E-state index contributed by atoms with van der Waals surface area (Å²) in [6.07, 6.45) is 8.58. The first kappa shape index (κ1) is 21.3. The Morgan fingerprint density at radius 1 is 1.10 bits per heavy atom.